The molecule has 1 saturated carbocycles. The van der Waals surface area contributed by atoms with Crippen LogP contribution in [-0.4, -0.2) is 5.71 Å². The van der Waals surface area contributed by atoms with E-state index in [2.05, 4.69) is 30.3 Å². The Morgan fingerprint density at radius 2 is 1.45 bits per heavy atom. The summed E-state index contributed by atoms with van der Waals surface area (Å²) in [6.45, 7) is 0. The first kappa shape index (κ1) is 13.6. The van der Waals surface area contributed by atoms with Gasteiger partial charge in [-0.2, -0.15) is 0 Å². The molecule has 3 aromatic rings. The molecule has 4 rings (SSSR count). The van der Waals surface area contributed by atoms with Gasteiger partial charge < -0.3 is 4.42 Å². The molecule has 0 radical (unpaired) electrons. The molecule has 1 fully saturated rings. The van der Waals surface area contributed by atoms with E-state index in [0.717, 1.165) is 29.7 Å². The number of furan rings is 1. The maximum atomic E-state index is 5.89. The fourth-order valence-electron chi connectivity index (χ4n) is 3.39. The second-order valence-corrected chi connectivity index (χ2v) is 6.22. The highest BCUT2D eigenvalue weighted by atomic mass is 16.3. The molecule has 0 spiro atoms. The van der Waals surface area contributed by atoms with E-state index >= 15 is 0 Å². The first-order valence-corrected chi connectivity index (χ1v) is 8.38. The van der Waals surface area contributed by atoms with E-state index in [4.69, 9.17) is 9.41 Å². The predicted octanol–water partition coefficient (Wildman–Crippen LogP) is 6.40. The van der Waals surface area contributed by atoms with Gasteiger partial charge in [-0.1, -0.05) is 37.5 Å². The van der Waals surface area contributed by atoms with Crippen LogP contribution in [0.3, 0.4) is 0 Å². The number of hydrogen-bond acceptors (Lipinski definition) is 2. The Balaban J connectivity index is 1.73. The topological polar surface area (TPSA) is 25.5 Å². The largest absolute Gasteiger partial charge is 0.456 e. The summed E-state index contributed by atoms with van der Waals surface area (Å²) in [5.74, 6) is 0. The Labute approximate surface area is 130 Å². The molecule has 0 atom stereocenters. The van der Waals surface area contributed by atoms with E-state index in [1.807, 2.05) is 12.1 Å². The van der Waals surface area contributed by atoms with Crippen molar-refractivity contribution in [1.29, 1.82) is 0 Å². The summed E-state index contributed by atoms with van der Waals surface area (Å²) >= 11 is 0. The molecule has 2 aromatic carbocycles. The molecule has 1 aliphatic carbocycles. The lowest BCUT2D eigenvalue weighted by Crippen LogP contribution is -2.01. The molecule has 2 nitrogen and oxygen atoms in total. The molecule has 1 heterocycles. The minimum Gasteiger partial charge on any atom is -0.456 e. The zero-order chi connectivity index (χ0) is 14.8. The molecule has 0 N–H and O–H groups in total. The van der Waals surface area contributed by atoms with Crippen molar-refractivity contribution in [3.8, 4) is 0 Å². The van der Waals surface area contributed by atoms with E-state index in [9.17, 15) is 0 Å². The average molecular weight is 291 g/mol. The van der Waals surface area contributed by atoms with Crippen LogP contribution in [0.5, 0.6) is 0 Å². The van der Waals surface area contributed by atoms with Gasteiger partial charge in [0, 0.05) is 16.5 Å². The summed E-state index contributed by atoms with van der Waals surface area (Å²) in [6, 6.07) is 14.5. The van der Waals surface area contributed by atoms with Crippen LogP contribution in [0.1, 0.15) is 44.9 Å². The molecule has 0 bridgehead atoms. The van der Waals surface area contributed by atoms with Crippen LogP contribution >= 0.6 is 0 Å². The molecule has 0 aliphatic heterocycles. The number of nitrogens with zero attached hydrogens (tertiary/aromatic N) is 1. The van der Waals surface area contributed by atoms with Crippen LogP contribution in [0.25, 0.3) is 21.9 Å². The monoisotopic (exact) mass is 291 g/mol. The van der Waals surface area contributed by atoms with Crippen molar-refractivity contribution < 1.29 is 4.42 Å². The Bertz CT molecular complexity index is 818. The predicted molar refractivity (Wildman–Crippen MR) is 93.1 cm³/mol. The molecule has 2 heteroatoms. The number of benzene rings is 2. The summed E-state index contributed by atoms with van der Waals surface area (Å²) in [5, 5.41) is 2.35. The quantitative estimate of drug-likeness (QED) is 0.509. The Morgan fingerprint density at radius 3 is 2.32 bits per heavy atom. The molecule has 112 valence electrons. The van der Waals surface area contributed by atoms with Crippen LogP contribution in [-0.2, 0) is 0 Å². The van der Waals surface area contributed by atoms with Crippen LogP contribution in [0.15, 0.2) is 51.9 Å². The van der Waals surface area contributed by atoms with Gasteiger partial charge in [0.2, 0.25) is 0 Å². The smallest absolute Gasteiger partial charge is 0.135 e. The molecule has 0 unspecified atom stereocenters. The molecular formula is C20H21NO. The van der Waals surface area contributed by atoms with E-state index in [1.54, 1.807) is 0 Å². The first-order valence-electron chi connectivity index (χ1n) is 8.38. The van der Waals surface area contributed by atoms with Crippen molar-refractivity contribution >= 4 is 33.3 Å². The maximum absolute atomic E-state index is 5.89. The second kappa shape index (κ2) is 5.96. The van der Waals surface area contributed by atoms with Crippen LogP contribution in [0.4, 0.5) is 5.69 Å². The first-order chi connectivity index (χ1) is 10.9. The van der Waals surface area contributed by atoms with E-state index in [-0.39, 0.29) is 0 Å². The van der Waals surface area contributed by atoms with Crippen molar-refractivity contribution in [2.75, 3.05) is 0 Å². The maximum Gasteiger partial charge on any atom is 0.135 e. The number of para-hydroxylation sites is 1. The summed E-state index contributed by atoms with van der Waals surface area (Å²) in [6.07, 6.45) is 8.98. The van der Waals surface area contributed by atoms with Gasteiger partial charge in [-0.3, -0.25) is 4.99 Å². The molecule has 0 saturated heterocycles. The lowest BCUT2D eigenvalue weighted by atomic mass is 9.99. The third-order valence-corrected chi connectivity index (χ3v) is 4.58. The van der Waals surface area contributed by atoms with Crippen molar-refractivity contribution in [1.82, 2.24) is 0 Å². The van der Waals surface area contributed by atoms with Crippen molar-refractivity contribution in [3.05, 3.63) is 42.5 Å². The minimum absolute atomic E-state index is 0.947. The van der Waals surface area contributed by atoms with Gasteiger partial charge in [-0.25, -0.2) is 0 Å². The molecule has 0 amide bonds. The Hall–Kier alpha value is -2.09. The Kier molecular flexibility index (Phi) is 3.67. The summed E-state index contributed by atoms with van der Waals surface area (Å²) in [5.41, 5.74) is 4.33. The standard InChI is InChI=1S/C20H21NO/c1-2-4-8-15(9-5-3-1)21-16-12-13-20-18(14-16)17-10-6-7-11-19(17)22-20/h6-7,10-14H,1-5,8-9H2. The third-order valence-electron chi connectivity index (χ3n) is 4.58. The van der Waals surface area contributed by atoms with Gasteiger partial charge in [0.15, 0.2) is 0 Å². The fraction of sp³-hybridized carbons (Fsp3) is 0.350. The van der Waals surface area contributed by atoms with Gasteiger partial charge in [-0.15, -0.1) is 0 Å². The van der Waals surface area contributed by atoms with Crippen molar-refractivity contribution in [3.63, 3.8) is 0 Å². The normalized spacial score (nSPS) is 16.6. The van der Waals surface area contributed by atoms with Gasteiger partial charge >= 0.3 is 0 Å². The summed E-state index contributed by atoms with van der Waals surface area (Å²) < 4.78 is 5.89. The highest BCUT2D eigenvalue weighted by Crippen LogP contribution is 2.31. The number of aliphatic imine (C=N–C) groups is 1. The zero-order valence-electron chi connectivity index (χ0n) is 12.8. The highest BCUT2D eigenvalue weighted by molar-refractivity contribution is 6.06. The van der Waals surface area contributed by atoms with E-state index in [0.29, 0.717) is 0 Å². The van der Waals surface area contributed by atoms with Gasteiger partial charge in [-0.05, 0) is 49.9 Å². The number of fused-ring (bicyclic) bond motifs is 3. The lowest BCUT2D eigenvalue weighted by molar-refractivity contribution is 0.607. The molecule has 1 aromatic heterocycles. The van der Waals surface area contributed by atoms with E-state index in [1.165, 1.54) is 48.6 Å². The van der Waals surface area contributed by atoms with Gasteiger partial charge in [0.1, 0.15) is 11.2 Å². The highest BCUT2D eigenvalue weighted by Gasteiger charge is 2.08. The molecule has 22 heavy (non-hydrogen) atoms. The Morgan fingerprint density at radius 1 is 0.727 bits per heavy atom. The minimum atomic E-state index is 0.947. The van der Waals surface area contributed by atoms with Crippen LogP contribution < -0.4 is 0 Å². The lowest BCUT2D eigenvalue weighted by Gasteiger charge is -2.10. The van der Waals surface area contributed by atoms with Crippen LogP contribution in [0, 0.1) is 0 Å². The van der Waals surface area contributed by atoms with Crippen LogP contribution in [0.2, 0.25) is 0 Å². The third kappa shape index (κ3) is 2.66. The fourth-order valence-corrected chi connectivity index (χ4v) is 3.39. The summed E-state index contributed by atoms with van der Waals surface area (Å²) in [4.78, 5) is 4.93. The number of rotatable bonds is 1. The average Bonchev–Trinajstić information content (AvgIpc) is 2.88. The SMILES string of the molecule is c1ccc2c(c1)oc1ccc(N=C3CCCCCCC3)cc12. The zero-order valence-corrected chi connectivity index (χ0v) is 12.8. The van der Waals surface area contributed by atoms with Crippen molar-refractivity contribution in [2.45, 2.75) is 44.9 Å². The van der Waals surface area contributed by atoms with Gasteiger partial charge in [0.25, 0.3) is 0 Å². The molecule has 1 aliphatic rings. The summed E-state index contributed by atoms with van der Waals surface area (Å²) in [7, 11) is 0. The van der Waals surface area contributed by atoms with Crippen molar-refractivity contribution in [2.24, 2.45) is 4.99 Å². The van der Waals surface area contributed by atoms with Gasteiger partial charge in [0.05, 0.1) is 5.69 Å². The second-order valence-electron chi connectivity index (χ2n) is 6.22. The van der Waals surface area contributed by atoms with E-state index < -0.39 is 0 Å². The number of hydrogen-bond donors (Lipinski definition) is 0. The molecular weight excluding hydrogens is 270 g/mol.